The number of hydrogen-bond acceptors (Lipinski definition) is 9. The van der Waals surface area contributed by atoms with E-state index in [9.17, 15) is 20.1 Å². The number of aromatic amines is 1. The van der Waals surface area contributed by atoms with Crippen LogP contribution in [0.5, 0.6) is 0 Å². The van der Waals surface area contributed by atoms with Crippen molar-refractivity contribution in [1.29, 1.82) is 0 Å². The molecule has 1 aliphatic rings. The molecule has 0 amide bonds. The van der Waals surface area contributed by atoms with Gasteiger partial charge in [0.15, 0.2) is 17.4 Å². The Morgan fingerprint density at radius 2 is 2.00 bits per heavy atom. The molecule has 7 N–H and O–H groups in total. The third-order valence-corrected chi connectivity index (χ3v) is 4.67. The smallest absolute Gasteiger partial charge is 0.278 e. The second-order valence-corrected chi connectivity index (χ2v) is 6.57. The van der Waals surface area contributed by atoms with E-state index in [0.29, 0.717) is 19.0 Å². The van der Waals surface area contributed by atoms with Gasteiger partial charge in [-0.25, -0.2) is 9.97 Å². The minimum Gasteiger partial charge on any atom is -0.394 e. The molecule has 0 aromatic carbocycles. The lowest BCUT2D eigenvalue weighted by atomic mass is 10.1. The van der Waals surface area contributed by atoms with Gasteiger partial charge < -0.3 is 36.1 Å². The van der Waals surface area contributed by atoms with Crippen LogP contribution in [0.15, 0.2) is 11.1 Å². The Labute approximate surface area is 167 Å². The summed E-state index contributed by atoms with van der Waals surface area (Å²) in [7, 11) is 0. The van der Waals surface area contributed by atoms with Crippen LogP contribution in [0.1, 0.15) is 31.9 Å². The van der Waals surface area contributed by atoms with Gasteiger partial charge in [0.05, 0.1) is 12.9 Å². The Kier molecular flexibility index (Phi) is 8.16. The van der Waals surface area contributed by atoms with Crippen LogP contribution in [0.3, 0.4) is 0 Å². The number of H-pyrrole nitrogens is 1. The Hall–Kier alpha value is -1.76. The summed E-state index contributed by atoms with van der Waals surface area (Å²) in [6, 6.07) is 0. The zero-order chi connectivity index (χ0) is 19.4. The van der Waals surface area contributed by atoms with Crippen LogP contribution in [0.25, 0.3) is 11.2 Å². The van der Waals surface area contributed by atoms with Crippen molar-refractivity contribution in [3.63, 3.8) is 0 Å². The van der Waals surface area contributed by atoms with Gasteiger partial charge in [0, 0.05) is 6.54 Å². The molecule has 3 rings (SSSR count). The number of ether oxygens (including phenoxy) is 1. The molecule has 2 aromatic rings. The number of aliphatic hydroxyl groups excluding tert-OH is 3. The van der Waals surface area contributed by atoms with Crippen molar-refractivity contribution in [3.8, 4) is 0 Å². The van der Waals surface area contributed by atoms with Crippen LogP contribution in [-0.2, 0) is 4.74 Å². The normalized spacial score (nSPS) is 24.4. The van der Waals surface area contributed by atoms with Gasteiger partial charge in [0.2, 0.25) is 5.95 Å². The highest BCUT2D eigenvalue weighted by Gasteiger charge is 2.45. The number of nitrogens with one attached hydrogen (secondary N) is 2. The van der Waals surface area contributed by atoms with Gasteiger partial charge in [-0.2, -0.15) is 0 Å². The lowest BCUT2D eigenvalue weighted by Crippen LogP contribution is -2.33. The van der Waals surface area contributed by atoms with Gasteiger partial charge in [-0.3, -0.25) is 9.36 Å². The lowest BCUT2D eigenvalue weighted by molar-refractivity contribution is -0.0501. The van der Waals surface area contributed by atoms with Crippen molar-refractivity contribution in [3.05, 3.63) is 16.7 Å². The van der Waals surface area contributed by atoms with E-state index in [0.717, 1.165) is 25.7 Å². The summed E-state index contributed by atoms with van der Waals surface area (Å²) >= 11 is 0. The number of aromatic nitrogens is 4. The van der Waals surface area contributed by atoms with Gasteiger partial charge in [-0.15, -0.1) is 12.4 Å². The summed E-state index contributed by atoms with van der Waals surface area (Å²) in [4.78, 5) is 23.0. The maximum atomic E-state index is 12.1. The van der Waals surface area contributed by atoms with Gasteiger partial charge in [0.25, 0.3) is 5.56 Å². The maximum absolute atomic E-state index is 12.1. The summed E-state index contributed by atoms with van der Waals surface area (Å²) in [5.41, 5.74) is 5.38. The van der Waals surface area contributed by atoms with Crippen LogP contribution in [0.4, 0.5) is 5.95 Å². The molecule has 158 valence electrons. The standard InChI is InChI=1S/C16H26N6O5.ClH/c17-5-3-1-2-4-6-18-16-21-10-13(19-8-20-14(10)26)22(16)15-12(25)11(24)9(7-23)27-15;/h8-9,11-12,15,23-25H,1-7,17H2,(H,18,21)(H,19,20,26);1H. The molecule has 2 aromatic heterocycles. The molecule has 0 radical (unpaired) electrons. The summed E-state index contributed by atoms with van der Waals surface area (Å²) in [6.45, 7) is 0.822. The molecule has 12 heteroatoms. The van der Waals surface area contributed by atoms with Crippen molar-refractivity contribution in [2.45, 2.75) is 50.2 Å². The first-order valence-electron chi connectivity index (χ1n) is 9.10. The topological polar surface area (TPSA) is 172 Å². The number of hydrogen-bond donors (Lipinski definition) is 6. The molecule has 3 heterocycles. The van der Waals surface area contributed by atoms with E-state index in [1.54, 1.807) is 0 Å². The van der Waals surface area contributed by atoms with E-state index in [4.69, 9.17) is 10.5 Å². The van der Waals surface area contributed by atoms with Crippen molar-refractivity contribution in [2.24, 2.45) is 5.73 Å². The van der Waals surface area contributed by atoms with E-state index in [2.05, 4.69) is 20.3 Å². The molecular formula is C16H27ClN6O5. The molecule has 28 heavy (non-hydrogen) atoms. The highest BCUT2D eigenvalue weighted by atomic mass is 35.5. The molecular weight excluding hydrogens is 392 g/mol. The number of nitrogens with two attached hydrogens (primary N) is 1. The van der Waals surface area contributed by atoms with E-state index < -0.39 is 36.7 Å². The molecule has 1 saturated heterocycles. The Balaban J connectivity index is 0.00000280. The van der Waals surface area contributed by atoms with E-state index >= 15 is 0 Å². The summed E-state index contributed by atoms with van der Waals surface area (Å²) < 4.78 is 7.05. The number of halogens is 1. The first-order valence-corrected chi connectivity index (χ1v) is 9.10. The minimum absolute atomic E-state index is 0. The molecule has 0 saturated carbocycles. The molecule has 4 unspecified atom stereocenters. The first-order chi connectivity index (χ1) is 13.1. The maximum Gasteiger partial charge on any atom is 0.278 e. The van der Waals surface area contributed by atoms with Crippen LogP contribution in [-0.4, -0.2) is 72.8 Å². The van der Waals surface area contributed by atoms with Crippen molar-refractivity contribution in [1.82, 2.24) is 19.5 Å². The average molecular weight is 419 g/mol. The number of fused-ring (bicyclic) bond motifs is 1. The number of rotatable bonds is 9. The highest BCUT2D eigenvalue weighted by molar-refractivity contribution is 5.85. The van der Waals surface area contributed by atoms with Gasteiger partial charge in [0.1, 0.15) is 18.3 Å². The predicted octanol–water partition coefficient (Wildman–Crippen LogP) is -0.916. The minimum atomic E-state index is -1.30. The third-order valence-electron chi connectivity index (χ3n) is 4.67. The van der Waals surface area contributed by atoms with Crippen LogP contribution in [0.2, 0.25) is 0 Å². The Bertz CT molecular complexity index is 814. The fourth-order valence-electron chi connectivity index (χ4n) is 3.20. The average Bonchev–Trinajstić information content (AvgIpc) is 3.17. The van der Waals surface area contributed by atoms with Crippen molar-refractivity contribution >= 4 is 29.5 Å². The quantitative estimate of drug-likeness (QED) is 0.282. The number of anilines is 1. The molecule has 4 atom stereocenters. The molecule has 0 spiro atoms. The first kappa shape index (κ1) is 22.5. The second kappa shape index (κ2) is 10.1. The van der Waals surface area contributed by atoms with Crippen molar-refractivity contribution < 1.29 is 20.1 Å². The molecule has 0 aliphatic carbocycles. The number of imidazole rings is 1. The zero-order valence-corrected chi connectivity index (χ0v) is 16.1. The molecule has 1 fully saturated rings. The van der Waals surface area contributed by atoms with Crippen molar-refractivity contribution in [2.75, 3.05) is 25.0 Å². The fourth-order valence-corrected chi connectivity index (χ4v) is 3.20. The van der Waals surface area contributed by atoms with E-state index in [1.807, 2.05) is 0 Å². The van der Waals surface area contributed by atoms with E-state index in [-0.39, 0.29) is 23.6 Å². The summed E-state index contributed by atoms with van der Waals surface area (Å²) in [5, 5.41) is 32.9. The second-order valence-electron chi connectivity index (χ2n) is 6.57. The molecule has 0 bridgehead atoms. The van der Waals surface area contributed by atoms with Crippen LogP contribution >= 0.6 is 12.4 Å². The fraction of sp³-hybridized carbons (Fsp3) is 0.688. The highest BCUT2D eigenvalue weighted by Crippen LogP contribution is 2.33. The van der Waals surface area contributed by atoms with Crippen LogP contribution in [0, 0.1) is 0 Å². The Morgan fingerprint density at radius 1 is 1.25 bits per heavy atom. The summed E-state index contributed by atoms with van der Waals surface area (Å²) in [6.07, 6.45) is 0.588. The largest absolute Gasteiger partial charge is 0.394 e. The lowest BCUT2D eigenvalue weighted by Gasteiger charge is -2.19. The number of aliphatic hydroxyl groups is 3. The predicted molar refractivity (Wildman–Crippen MR) is 104 cm³/mol. The van der Waals surface area contributed by atoms with Gasteiger partial charge in [-0.05, 0) is 19.4 Å². The Morgan fingerprint density at radius 3 is 2.68 bits per heavy atom. The SMILES string of the molecule is Cl.NCCCCCCNc1nc2c(=O)[nH]cnc2n1C1OC(CO)C(O)C1O. The van der Waals surface area contributed by atoms with Gasteiger partial charge in [-0.1, -0.05) is 12.8 Å². The monoisotopic (exact) mass is 418 g/mol. The van der Waals surface area contributed by atoms with Crippen LogP contribution < -0.4 is 16.6 Å². The third kappa shape index (κ3) is 4.45. The summed E-state index contributed by atoms with van der Waals surface area (Å²) in [5.74, 6) is 0.308. The number of nitrogens with zero attached hydrogens (tertiary/aromatic N) is 3. The molecule has 1 aliphatic heterocycles. The van der Waals surface area contributed by atoms with Gasteiger partial charge >= 0.3 is 0 Å². The van der Waals surface area contributed by atoms with E-state index in [1.165, 1.54) is 10.9 Å². The number of unbranched alkanes of at least 4 members (excludes halogenated alkanes) is 3. The zero-order valence-electron chi connectivity index (χ0n) is 15.3. The molecule has 11 nitrogen and oxygen atoms in total.